The van der Waals surface area contributed by atoms with Gasteiger partial charge < -0.3 is 15.0 Å². The van der Waals surface area contributed by atoms with Crippen LogP contribution in [0.25, 0.3) is 6.08 Å². The van der Waals surface area contributed by atoms with E-state index in [4.69, 9.17) is 4.74 Å². The molecule has 0 bridgehead atoms. The number of nitrogens with one attached hydrogen (secondary N) is 1. The van der Waals surface area contributed by atoms with E-state index in [-0.39, 0.29) is 30.2 Å². The number of nitrogens with zero attached hydrogens (tertiary/aromatic N) is 1. The van der Waals surface area contributed by atoms with Crippen LogP contribution in [0.3, 0.4) is 0 Å². The highest BCUT2D eigenvalue weighted by molar-refractivity contribution is 5.98. The molecule has 6 heteroatoms. The van der Waals surface area contributed by atoms with Gasteiger partial charge in [0.15, 0.2) is 6.61 Å². The Bertz CT molecular complexity index is 664. The van der Waals surface area contributed by atoms with Crippen LogP contribution in [-0.2, 0) is 19.1 Å². The first kappa shape index (κ1) is 19.7. The molecular formula is C20H26N2O4. The van der Waals surface area contributed by atoms with Gasteiger partial charge in [0, 0.05) is 20.0 Å². The largest absolute Gasteiger partial charge is 0.451 e. The fourth-order valence-corrected chi connectivity index (χ4v) is 3.03. The normalized spacial score (nSPS) is 15.2. The summed E-state index contributed by atoms with van der Waals surface area (Å²) >= 11 is 0. The number of hydrogen-bond donors (Lipinski definition) is 1. The van der Waals surface area contributed by atoms with Crippen LogP contribution in [0.5, 0.6) is 0 Å². The summed E-state index contributed by atoms with van der Waals surface area (Å²) in [4.78, 5) is 37.6. The molecule has 1 aliphatic carbocycles. The Hall–Kier alpha value is -2.63. The highest BCUT2D eigenvalue weighted by atomic mass is 16.5. The second-order valence-electron chi connectivity index (χ2n) is 6.52. The molecule has 1 aliphatic rings. The minimum absolute atomic E-state index is 0.0109. The van der Waals surface area contributed by atoms with Gasteiger partial charge in [0.1, 0.15) is 5.70 Å². The van der Waals surface area contributed by atoms with E-state index in [9.17, 15) is 14.4 Å². The number of amides is 2. The zero-order valence-corrected chi connectivity index (χ0v) is 15.4. The molecule has 1 aromatic rings. The van der Waals surface area contributed by atoms with Gasteiger partial charge in [-0.25, -0.2) is 4.79 Å². The third-order valence-corrected chi connectivity index (χ3v) is 4.48. The van der Waals surface area contributed by atoms with Crippen molar-refractivity contribution < 1.29 is 19.1 Å². The molecule has 2 amide bonds. The molecule has 0 spiro atoms. The van der Waals surface area contributed by atoms with Crippen molar-refractivity contribution in [3.8, 4) is 0 Å². The first-order valence-electron chi connectivity index (χ1n) is 8.94. The smallest absolute Gasteiger partial charge is 0.355 e. The molecule has 26 heavy (non-hydrogen) atoms. The van der Waals surface area contributed by atoms with Crippen molar-refractivity contribution in [2.45, 2.75) is 45.1 Å². The standard InChI is InChI=1S/C20H26N2O4/c1-15(23)21-18(13-16-9-5-3-6-10-16)20(25)26-14-19(24)22(2)17-11-7-4-8-12-17/h3,5-6,9-10,13,17H,4,7-8,11-12,14H2,1-2H3,(H,21,23)/b18-13+. The zero-order valence-electron chi connectivity index (χ0n) is 15.4. The Morgan fingerprint density at radius 3 is 2.42 bits per heavy atom. The zero-order chi connectivity index (χ0) is 18.9. The molecular weight excluding hydrogens is 332 g/mol. The van der Waals surface area contributed by atoms with E-state index in [2.05, 4.69) is 5.32 Å². The maximum atomic E-state index is 12.3. The molecule has 1 fully saturated rings. The summed E-state index contributed by atoms with van der Waals surface area (Å²) in [6.45, 7) is 0.978. The molecule has 0 saturated heterocycles. The van der Waals surface area contributed by atoms with Crippen molar-refractivity contribution in [2.24, 2.45) is 0 Å². The maximum Gasteiger partial charge on any atom is 0.355 e. The van der Waals surface area contributed by atoms with Crippen LogP contribution >= 0.6 is 0 Å². The monoisotopic (exact) mass is 358 g/mol. The lowest BCUT2D eigenvalue weighted by molar-refractivity contribution is -0.150. The van der Waals surface area contributed by atoms with E-state index in [0.29, 0.717) is 0 Å². The van der Waals surface area contributed by atoms with E-state index in [1.54, 1.807) is 24.1 Å². The van der Waals surface area contributed by atoms with Gasteiger partial charge in [0.05, 0.1) is 0 Å². The van der Waals surface area contributed by atoms with Crippen LogP contribution in [0.1, 0.15) is 44.6 Å². The number of likely N-dealkylation sites (N-methyl/N-ethyl adjacent to an activating group) is 1. The van der Waals surface area contributed by atoms with Gasteiger partial charge >= 0.3 is 5.97 Å². The summed E-state index contributed by atoms with van der Waals surface area (Å²) in [5.41, 5.74) is 0.760. The summed E-state index contributed by atoms with van der Waals surface area (Å²) < 4.78 is 5.14. The second kappa shape index (κ2) is 9.75. The third kappa shape index (κ3) is 6.02. The molecule has 1 saturated carbocycles. The summed E-state index contributed by atoms with van der Waals surface area (Å²) in [6.07, 6.45) is 6.95. The Balaban J connectivity index is 1.97. The number of benzene rings is 1. The Morgan fingerprint density at radius 2 is 1.81 bits per heavy atom. The SMILES string of the molecule is CC(=O)N/C(=C/c1ccccc1)C(=O)OCC(=O)N(C)C1CCCCC1. The lowest BCUT2D eigenvalue weighted by Gasteiger charge is -2.31. The third-order valence-electron chi connectivity index (χ3n) is 4.48. The average Bonchev–Trinajstić information content (AvgIpc) is 2.66. The predicted octanol–water partition coefficient (Wildman–Crippen LogP) is 2.50. The van der Waals surface area contributed by atoms with Crippen molar-refractivity contribution >= 4 is 23.9 Å². The molecule has 140 valence electrons. The molecule has 1 N–H and O–H groups in total. The average molecular weight is 358 g/mol. The minimum Gasteiger partial charge on any atom is -0.451 e. The van der Waals surface area contributed by atoms with E-state index in [1.807, 2.05) is 18.2 Å². The molecule has 1 aromatic carbocycles. The van der Waals surface area contributed by atoms with Crippen molar-refractivity contribution in [3.63, 3.8) is 0 Å². The Morgan fingerprint density at radius 1 is 1.15 bits per heavy atom. The van der Waals surface area contributed by atoms with Crippen LogP contribution in [0.2, 0.25) is 0 Å². The number of esters is 1. The number of carbonyl (C=O) groups excluding carboxylic acids is 3. The topological polar surface area (TPSA) is 75.7 Å². The quantitative estimate of drug-likeness (QED) is 0.626. The lowest BCUT2D eigenvalue weighted by Crippen LogP contribution is -2.41. The predicted molar refractivity (Wildman–Crippen MR) is 98.8 cm³/mol. The van der Waals surface area contributed by atoms with Gasteiger partial charge in [-0.05, 0) is 24.5 Å². The molecule has 2 rings (SSSR count). The van der Waals surface area contributed by atoms with E-state index < -0.39 is 5.97 Å². The molecule has 0 atom stereocenters. The second-order valence-corrected chi connectivity index (χ2v) is 6.52. The first-order chi connectivity index (χ1) is 12.5. The van der Waals surface area contributed by atoms with Gasteiger partial charge in [-0.2, -0.15) is 0 Å². The van der Waals surface area contributed by atoms with Crippen molar-refractivity contribution in [3.05, 3.63) is 41.6 Å². The van der Waals surface area contributed by atoms with E-state index in [0.717, 1.165) is 31.2 Å². The molecule has 0 unspecified atom stereocenters. The minimum atomic E-state index is -0.727. The molecule has 0 aromatic heterocycles. The molecule has 6 nitrogen and oxygen atoms in total. The van der Waals surface area contributed by atoms with Gasteiger partial charge in [-0.15, -0.1) is 0 Å². The highest BCUT2D eigenvalue weighted by Crippen LogP contribution is 2.21. The maximum absolute atomic E-state index is 12.3. The van der Waals surface area contributed by atoms with E-state index in [1.165, 1.54) is 19.4 Å². The van der Waals surface area contributed by atoms with Gasteiger partial charge in [0.25, 0.3) is 5.91 Å². The lowest BCUT2D eigenvalue weighted by atomic mass is 9.94. The summed E-state index contributed by atoms with van der Waals surface area (Å²) in [7, 11) is 1.75. The summed E-state index contributed by atoms with van der Waals surface area (Å²) in [6, 6.07) is 9.32. The van der Waals surface area contributed by atoms with Crippen LogP contribution in [0.4, 0.5) is 0 Å². The van der Waals surface area contributed by atoms with Crippen LogP contribution < -0.4 is 5.32 Å². The fraction of sp³-hybridized carbons (Fsp3) is 0.450. The number of carbonyl (C=O) groups is 3. The van der Waals surface area contributed by atoms with Crippen LogP contribution in [-0.4, -0.2) is 42.4 Å². The number of hydrogen-bond acceptors (Lipinski definition) is 4. The number of rotatable bonds is 6. The van der Waals surface area contributed by atoms with Crippen molar-refractivity contribution in [1.29, 1.82) is 0 Å². The fourth-order valence-electron chi connectivity index (χ4n) is 3.03. The molecule has 0 aliphatic heterocycles. The van der Waals surface area contributed by atoms with Crippen molar-refractivity contribution in [2.75, 3.05) is 13.7 Å². The summed E-state index contributed by atoms with van der Waals surface area (Å²) in [5.74, 6) is -1.34. The highest BCUT2D eigenvalue weighted by Gasteiger charge is 2.23. The first-order valence-corrected chi connectivity index (χ1v) is 8.94. The van der Waals surface area contributed by atoms with Crippen molar-refractivity contribution in [1.82, 2.24) is 10.2 Å². The Kier molecular flexibility index (Phi) is 7.38. The molecule has 0 radical (unpaired) electrons. The van der Waals surface area contributed by atoms with Gasteiger partial charge in [0.2, 0.25) is 5.91 Å². The molecule has 0 heterocycles. The van der Waals surface area contributed by atoms with Gasteiger partial charge in [-0.3, -0.25) is 9.59 Å². The van der Waals surface area contributed by atoms with Gasteiger partial charge in [-0.1, -0.05) is 49.6 Å². The van der Waals surface area contributed by atoms with Crippen LogP contribution in [0.15, 0.2) is 36.0 Å². The number of ether oxygens (including phenoxy) is 1. The Labute approximate surface area is 154 Å². The van der Waals surface area contributed by atoms with E-state index >= 15 is 0 Å². The van der Waals surface area contributed by atoms with Crippen LogP contribution in [0, 0.1) is 0 Å². The summed E-state index contributed by atoms with van der Waals surface area (Å²) in [5, 5.41) is 2.47.